The second-order valence-electron chi connectivity index (χ2n) is 4.72. The van der Waals surface area contributed by atoms with Gasteiger partial charge in [-0.2, -0.15) is 4.98 Å². The molecule has 6 nitrogen and oxygen atoms in total. The van der Waals surface area contributed by atoms with E-state index >= 15 is 0 Å². The van der Waals surface area contributed by atoms with Crippen LogP contribution in [0, 0.1) is 0 Å². The molecule has 0 radical (unpaired) electrons. The molecule has 1 heterocycles. The molecule has 0 amide bonds. The van der Waals surface area contributed by atoms with Gasteiger partial charge in [-0.15, -0.1) is 0 Å². The number of nitrogens with two attached hydrogens (primary N) is 2. The summed E-state index contributed by atoms with van der Waals surface area (Å²) in [6, 6.07) is 5.18. The monoisotopic (exact) mass is 276 g/mol. The molecule has 0 aliphatic carbocycles. The minimum Gasteiger partial charge on any atom is -0.399 e. The van der Waals surface area contributed by atoms with E-state index in [1.165, 1.54) is 0 Å². The van der Waals surface area contributed by atoms with Gasteiger partial charge in [0.05, 0.1) is 0 Å². The first-order valence-electron chi connectivity index (χ1n) is 6.60. The zero-order valence-corrected chi connectivity index (χ0v) is 12.0. The molecular weight excluding hydrogens is 256 g/mol. The van der Waals surface area contributed by atoms with Crippen molar-refractivity contribution in [2.45, 2.75) is 32.3 Å². The van der Waals surface area contributed by atoms with Crippen LogP contribution in [0.1, 0.15) is 32.5 Å². The van der Waals surface area contributed by atoms with Crippen molar-refractivity contribution in [2.24, 2.45) is 0 Å². The maximum Gasteiger partial charge on any atom is 0.258 e. The number of nitrogen functional groups attached to an aromatic ring is 2. The van der Waals surface area contributed by atoms with E-state index in [9.17, 15) is 0 Å². The molecule has 0 fully saturated rings. The number of anilines is 2. The summed E-state index contributed by atoms with van der Waals surface area (Å²) in [7, 11) is 1.65. The smallest absolute Gasteiger partial charge is 0.258 e. The molecule has 0 saturated heterocycles. The number of methoxy groups -OCH3 is 1. The van der Waals surface area contributed by atoms with Crippen LogP contribution >= 0.6 is 0 Å². The fraction of sp³-hybridized carbons (Fsp3) is 0.429. The molecular formula is C14H20N4O2. The van der Waals surface area contributed by atoms with Crippen molar-refractivity contribution in [3.8, 4) is 11.5 Å². The van der Waals surface area contributed by atoms with E-state index < -0.39 is 5.60 Å². The van der Waals surface area contributed by atoms with Crippen LogP contribution in [0.5, 0.6) is 0 Å². The highest BCUT2D eigenvalue weighted by atomic mass is 16.5. The quantitative estimate of drug-likeness (QED) is 0.814. The Hall–Kier alpha value is -2.08. The Balaban J connectivity index is 2.42. The summed E-state index contributed by atoms with van der Waals surface area (Å²) < 4.78 is 10.9. The molecule has 0 saturated carbocycles. The highest BCUT2D eigenvalue weighted by Crippen LogP contribution is 2.32. The highest BCUT2D eigenvalue weighted by molar-refractivity contribution is 5.67. The summed E-state index contributed by atoms with van der Waals surface area (Å²) >= 11 is 0. The van der Waals surface area contributed by atoms with Gasteiger partial charge < -0.3 is 20.7 Å². The molecule has 2 aromatic rings. The number of benzene rings is 1. The average molecular weight is 276 g/mol. The van der Waals surface area contributed by atoms with Crippen LogP contribution in [0.4, 0.5) is 11.4 Å². The first kappa shape index (κ1) is 14.3. The van der Waals surface area contributed by atoms with Crippen molar-refractivity contribution in [3.63, 3.8) is 0 Å². The van der Waals surface area contributed by atoms with Crippen molar-refractivity contribution >= 4 is 11.4 Å². The van der Waals surface area contributed by atoms with Gasteiger partial charge in [0, 0.05) is 24.0 Å². The Labute approximate surface area is 118 Å². The Morgan fingerprint density at radius 2 is 1.75 bits per heavy atom. The van der Waals surface area contributed by atoms with Crippen LogP contribution < -0.4 is 11.5 Å². The number of aromatic nitrogens is 2. The summed E-state index contributed by atoms with van der Waals surface area (Å²) in [4.78, 5) is 4.43. The van der Waals surface area contributed by atoms with Crippen LogP contribution in [-0.2, 0) is 10.3 Å². The standard InChI is InChI=1S/C14H20N4O2/c1-4-14(5-2,19-3)13-17-12(20-18-13)9-6-10(15)8-11(16)7-9/h6-8H,4-5,15-16H2,1-3H3. The van der Waals surface area contributed by atoms with E-state index in [1.807, 2.05) is 13.8 Å². The zero-order valence-electron chi connectivity index (χ0n) is 12.0. The number of hydrogen-bond acceptors (Lipinski definition) is 6. The van der Waals surface area contributed by atoms with Crippen LogP contribution in [0.15, 0.2) is 22.7 Å². The molecule has 0 aliphatic rings. The van der Waals surface area contributed by atoms with Gasteiger partial charge in [-0.25, -0.2) is 0 Å². The minimum absolute atomic E-state index is 0.391. The second kappa shape index (κ2) is 5.50. The lowest BCUT2D eigenvalue weighted by molar-refractivity contribution is -0.0306. The van der Waals surface area contributed by atoms with Gasteiger partial charge >= 0.3 is 0 Å². The molecule has 4 N–H and O–H groups in total. The number of nitrogens with zero attached hydrogens (tertiary/aromatic N) is 2. The van der Waals surface area contributed by atoms with Crippen LogP contribution in [0.2, 0.25) is 0 Å². The molecule has 6 heteroatoms. The largest absolute Gasteiger partial charge is 0.399 e. The number of ether oxygens (including phenoxy) is 1. The third-order valence-corrected chi connectivity index (χ3v) is 3.59. The molecule has 0 atom stereocenters. The van der Waals surface area contributed by atoms with E-state index in [-0.39, 0.29) is 0 Å². The molecule has 0 unspecified atom stereocenters. The lowest BCUT2D eigenvalue weighted by atomic mass is 9.96. The summed E-state index contributed by atoms with van der Waals surface area (Å²) in [5, 5.41) is 4.04. The van der Waals surface area contributed by atoms with Gasteiger partial charge in [-0.05, 0) is 31.0 Å². The zero-order chi connectivity index (χ0) is 14.8. The van der Waals surface area contributed by atoms with Crippen molar-refractivity contribution in [1.82, 2.24) is 10.1 Å². The Kier molecular flexibility index (Phi) is 3.94. The van der Waals surface area contributed by atoms with Crippen molar-refractivity contribution < 1.29 is 9.26 Å². The predicted octanol–water partition coefficient (Wildman–Crippen LogP) is 2.56. The van der Waals surface area contributed by atoms with Gasteiger partial charge in [-0.1, -0.05) is 19.0 Å². The van der Waals surface area contributed by atoms with E-state index in [2.05, 4.69) is 10.1 Å². The number of hydrogen-bond donors (Lipinski definition) is 2. The van der Waals surface area contributed by atoms with Gasteiger partial charge in [0.15, 0.2) is 0 Å². The van der Waals surface area contributed by atoms with Gasteiger partial charge in [-0.3, -0.25) is 0 Å². The highest BCUT2D eigenvalue weighted by Gasteiger charge is 2.33. The summed E-state index contributed by atoms with van der Waals surface area (Å²) in [5.74, 6) is 0.934. The first-order valence-corrected chi connectivity index (χ1v) is 6.60. The van der Waals surface area contributed by atoms with Gasteiger partial charge in [0.1, 0.15) is 5.60 Å². The molecule has 0 aliphatic heterocycles. The van der Waals surface area contributed by atoms with Crippen molar-refractivity contribution in [2.75, 3.05) is 18.6 Å². The van der Waals surface area contributed by atoms with Crippen LogP contribution in [0.25, 0.3) is 11.5 Å². The fourth-order valence-corrected chi connectivity index (χ4v) is 2.27. The minimum atomic E-state index is -0.520. The van der Waals surface area contributed by atoms with Crippen LogP contribution in [0.3, 0.4) is 0 Å². The normalized spacial score (nSPS) is 11.8. The molecule has 108 valence electrons. The Morgan fingerprint density at radius 3 is 2.25 bits per heavy atom. The topological polar surface area (TPSA) is 100 Å². The second-order valence-corrected chi connectivity index (χ2v) is 4.72. The summed E-state index contributed by atoms with van der Waals surface area (Å²) in [5.41, 5.74) is 12.9. The number of rotatable bonds is 5. The van der Waals surface area contributed by atoms with Crippen molar-refractivity contribution in [1.29, 1.82) is 0 Å². The third-order valence-electron chi connectivity index (χ3n) is 3.59. The van der Waals surface area contributed by atoms with E-state index in [4.69, 9.17) is 20.7 Å². The predicted molar refractivity (Wildman–Crippen MR) is 77.8 cm³/mol. The molecule has 1 aromatic heterocycles. The molecule has 20 heavy (non-hydrogen) atoms. The maximum absolute atomic E-state index is 5.77. The molecule has 0 bridgehead atoms. The molecule has 2 rings (SSSR count). The SMILES string of the molecule is CCC(CC)(OC)c1noc(-c2cc(N)cc(N)c2)n1. The van der Waals surface area contributed by atoms with Crippen LogP contribution in [-0.4, -0.2) is 17.3 Å². The average Bonchev–Trinajstić information content (AvgIpc) is 2.91. The van der Waals surface area contributed by atoms with E-state index in [0.717, 1.165) is 12.8 Å². The summed E-state index contributed by atoms with van der Waals surface area (Å²) in [6.45, 7) is 4.06. The lowest BCUT2D eigenvalue weighted by Gasteiger charge is -2.25. The van der Waals surface area contributed by atoms with Crippen molar-refractivity contribution in [3.05, 3.63) is 24.0 Å². The third kappa shape index (κ3) is 2.46. The Bertz CT molecular complexity index is 562. The molecule has 1 aromatic carbocycles. The van der Waals surface area contributed by atoms with Gasteiger partial charge in [0.25, 0.3) is 5.89 Å². The lowest BCUT2D eigenvalue weighted by Crippen LogP contribution is -2.28. The maximum atomic E-state index is 5.77. The first-order chi connectivity index (χ1) is 9.54. The van der Waals surface area contributed by atoms with E-state index in [1.54, 1.807) is 25.3 Å². The summed E-state index contributed by atoms with van der Waals surface area (Å²) in [6.07, 6.45) is 1.52. The van der Waals surface area contributed by atoms with E-state index in [0.29, 0.717) is 28.7 Å². The molecule has 0 spiro atoms. The Morgan fingerprint density at radius 1 is 1.15 bits per heavy atom. The fourth-order valence-electron chi connectivity index (χ4n) is 2.27. The van der Waals surface area contributed by atoms with Gasteiger partial charge in [0.2, 0.25) is 5.82 Å².